The zero-order valence-electron chi connectivity index (χ0n) is 15.2. The number of nitro benzene ring substituents is 1. The standard InChI is InChI=1S/C19H17N3O6/c1-11(23)12-4-3-5-13(8-12)21-18(24)10-16(19(21)25)20-15-9-14(22(26)27)6-7-17(15)28-2/h3-9,16,20H,10H2,1-2H3/t16-/m1/s1. The Morgan fingerprint density at radius 3 is 2.64 bits per heavy atom. The molecule has 3 rings (SSSR count). The number of anilines is 2. The molecule has 1 aliphatic rings. The summed E-state index contributed by atoms with van der Waals surface area (Å²) < 4.78 is 5.17. The van der Waals surface area contributed by atoms with Gasteiger partial charge in [0.05, 0.1) is 29.8 Å². The molecule has 1 N–H and O–H groups in total. The first-order valence-corrected chi connectivity index (χ1v) is 8.38. The van der Waals surface area contributed by atoms with Crippen LogP contribution in [-0.4, -0.2) is 35.7 Å². The van der Waals surface area contributed by atoms with E-state index in [2.05, 4.69) is 5.32 Å². The average Bonchev–Trinajstić information content (AvgIpc) is 2.95. The highest BCUT2D eigenvalue weighted by Crippen LogP contribution is 2.32. The second-order valence-corrected chi connectivity index (χ2v) is 6.22. The van der Waals surface area contributed by atoms with E-state index in [9.17, 15) is 24.5 Å². The number of non-ortho nitro benzene ring substituents is 1. The highest BCUT2D eigenvalue weighted by Gasteiger charge is 2.40. The summed E-state index contributed by atoms with van der Waals surface area (Å²) in [6, 6.07) is 9.27. The molecule has 1 atom stereocenters. The van der Waals surface area contributed by atoms with Gasteiger partial charge in [0.2, 0.25) is 5.91 Å². The van der Waals surface area contributed by atoms with Crippen molar-refractivity contribution in [3.05, 3.63) is 58.1 Å². The molecule has 9 heteroatoms. The normalized spacial score (nSPS) is 16.2. The van der Waals surface area contributed by atoms with Crippen molar-refractivity contribution in [1.29, 1.82) is 0 Å². The van der Waals surface area contributed by atoms with Crippen LogP contribution in [0.1, 0.15) is 23.7 Å². The lowest BCUT2D eigenvalue weighted by Gasteiger charge is -2.17. The largest absolute Gasteiger partial charge is 0.495 e. The van der Waals surface area contributed by atoms with Crippen LogP contribution in [0.15, 0.2) is 42.5 Å². The Bertz CT molecular complexity index is 987. The fourth-order valence-corrected chi connectivity index (χ4v) is 2.99. The maximum atomic E-state index is 12.8. The SMILES string of the molecule is COc1ccc([N+](=O)[O-])cc1N[C@@H]1CC(=O)N(c2cccc(C(C)=O)c2)C1=O. The van der Waals surface area contributed by atoms with Gasteiger partial charge in [-0.05, 0) is 25.1 Å². The van der Waals surface area contributed by atoms with Crippen LogP contribution in [0.3, 0.4) is 0 Å². The minimum Gasteiger partial charge on any atom is -0.495 e. The maximum absolute atomic E-state index is 12.8. The zero-order chi connectivity index (χ0) is 20.4. The number of Topliss-reactive ketones (excluding diaryl/α,β-unsaturated/α-hetero) is 1. The van der Waals surface area contributed by atoms with Gasteiger partial charge in [0, 0.05) is 17.7 Å². The van der Waals surface area contributed by atoms with Gasteiger partial charge in [-0.1, -0.05) is 12.1 Å². The Morgan fingerprint density at radius 1 is 1.25 bits per heavy atom. The lowest BCUT2D eigenvalue weighted by atomic mass is 10.1. The molecule has 1 fully saturated rings. The predicted molar refractivity (Wildman–Crippen MR) is 101 cm³/mol. The number of hydrogen-bond donors (Lipinski definition) is 1. The Balaban J connectivity index is 1.89. The molecule has 28 heavy (non-hydrogen) atoms. The summed E-state index contributed by atoms with van der Waals surface area (Å²) in [5.41, 5.74) is 0.751. The second kappa shape index (κ2) is 7.47. The van der Waals surface area contributed by atoms with E-state index in [1.165, 1.54) is 38.3 Å². The Labute approximate surface area is 160 Å². The number of nitrogens with one attached hydrogen (secondary N) is 1. The minimum absolute atomic E-state index is 0.130. The van der Waals surface area contributed by atoms with E-state index in [0.717, 1.165) is 4.90 Å². The van der Waals surface area contributed by atoms with Gasteiger partial charge < -0.3 is 10.1 Å². The molecule has 0 saturated carbocycles. The first kappa shape index (κ1) is 19.0. The van der Waals surface area contributed by atoms with Crippen molar-refractivity contribution in [3.8, 4) is 5.75 Å². The summed E-state index contributed by atoms with van der Waals surface area (Å²) in [5, 5.41) is 13.9. The number of nitrogens with zero attached hydrogens (tertiary/aromatic N) is 2. The Kier molecular flexibility index (Phi) is 5.08. The maximum Gasteiger partial charge on any atom is 0.271 e. The molecule has 9 nitrogen and oxygen atoms in total. The van der Waals surface area contributed by atoms with Crippen LogP contribution in [0.2, 0.25) is 0 Å². The molecule has 0 radical (unpaired) electrons. The average molecular weight is 383 g/mol. The number of rotatable bonds is 6. The molecular formula is C19H17N3O6. The van der Waals surface area contributed by atoms with Gasteiger partial charge in [0.1, 0.15) is 11.8 Å². The van der Waals surface area contributed by atoms with Gasteiger partial charge in [0.25, 0.3) is 11.6 Å². The van der Waals surface area contributed by atoms with E-state index < -0.39 is 22.8 Å². The summed E-state index contributed by atoms with van der Waals surface area (Å²) in [4.78, 5) is 48.3. The number of ether oxygens (including phenoxy) is 1. The van der Waals surface area contributed by atoms with E-state index in [1.54, 1.807) is 18.2 Å². The number of imide groups is 1. The highest BCUT2D eigenvalue weighted by molar-refractivity contribution is 6.23. The number of ketones is 1. The van der Waals surface area contributed by atoms with Crippen LogP contribution < -0.4 is 15.0 Å². The summed E-state index contributed by atoms with van der Waals surface area (Å²) >= 11 is 0. The van der Waals surface area contributed by atoms with Crippen LogP contribution in [-0.2, 0) is 9.59 Å². The summed E-state index contributed by atoms with van der Waals surface area (Å²) in [6.07, 6.45) is -0.130. The van der Waals surface area contributed by atoms with E-state index in [1.807, 2.05) is 0 Å². The third kappa shape index (κ3) is 3.54. The molecule has 1 heterocycles. The summed E-state index contributed by atoms with van der Waals surface area (Å²) in [6.45, 7) is 1.39. The fraction of sp³-hybridized carbons (Fsp3) is 0.211. The Hall–Kier alpha value is -3.75. The lowest BCUT2D eigenvalue weighted by molar-refractivity contribution is -0.384. The quantitative estimate of drug-likeness (QED) is 0.352. The van der Waals surface area contributed by atoms with Crippen molar-refractivity contribution in [2.45, 2.75) is 19.4 Å². The van der Waals surface area contributed by atoms with Crippen LogP contribution in [0.5, 0.6) is 5.75 Å². The van der Waals surface area contributed by atoms with Crippen LogP contribution in [0.4, 0.5) is 17.1 Å². The molecule has 2 aromatic carbocycles. The molecule has 1 saturated heterocycles. The molecule has 0 bridgehead atoms. The van der Waals surface area contributed by atoms with Crippen LogP contribution >= 0.6 is 0 Å². The number of benzene rings is 2. The first-order chi connectivity index (χ1) is 13.3. The van der Waals surface area contributed by atoms with Crippen molar-refractivity contribution in [2.24, 2.45) is 0 Å². The summed E-state index contributed by atoms with van der Waals surface area (Å²) in [7, 11) is 1.40. The van der Waals surface area contributed by atoms with Crippen molar-refractivity contribution >= 4 is 34.7 Å². The van der Waals surface area contributed by atoms with Crippen molar-refractivity contribution in [1.82, 2.24) is 0 Å². The van der Waals surface area contributed by atoms with Crippen molar-refractivity contribution in [2.75, 3.05) is 17.3 Å². The number of methoxy groups -OCH3 is 1. The first-order valence-electron chi connectivity index (χ1n) is 8.38. The van der Waals surface area contributed by atoms with Crippen molar-refractivity contribution in [3.63, 3.8) is 0 Å². The van der Waals surface area contributed by atoms with Crippen LogP contribution in [0.25, 0.3) is 0 Å². The van der Waals surface area contributed by atoms with Gasteiger partial charge in [-0.25, -0.2) is 4.90 Å². The summed E-state index contributed by atoms with van der Waals surface area (Å²) in [5.74, 6) is -0.827. The minimum atomic E-state index is -0.913. The number of carbonyl (C=O) groups is 3. The molecule has 2 amide bonds. The van der Waals surface area contributed by atoms with Gasteiger partial charge in [0.15, 0.2) is 5.78 Å². The number of nitro groups is 1. The molecule has 0 aromatic heterocycles. The van der Waals surface area contributed by atoms with E-state index in [0.29, 0.717) is 17.0 Å². The molecule has 1 aliphatic heterocycles. The predicted octanol–water partition coefficient (Wildman–Crippen LogP) is 2.55. The van der Waals surface area contributed by atoms with Gasteiger partial charge in [-0.15, -0.1) is 0 Å². The zero-order valence-corrected chi connectivity index (χ0v) is 15.2. The third-order valence-corrected chi connectivity index (χ3v) is 4.38. The van der Waals surface area contributed by atoms with Crippen molar-refractivity contribution < 1.29 is 24.0 Å². The molecular weight excluding hydrogens is 366 g/mol. The topological polar surface area (TPSA) is 119 Å². The Morgan fingerprint density at radius 2 is 2.00 bits per heavy atom. The van der Waals surface area contributed by atoms with Gasteiger partial charge in [-0.2, -0.15) is 0 Å². The highest BCUT2D eigenvalue weighted by atomic mass is 16.6. The van der Waals surface area contributed by atoms with E-state index in [4.69, 9.17) is 4.74 Å². The second-order valence-electron chi connectivity index (χ2n) is 6.22. The number of carbonyl (C=O) groups excluding carboxylic acids is 3. The number of amides is 2. The fourth-order valence-electron chi connectivity index (χ4n) is 2.99. The third-order valence-electron chi connectivity index (χ3n) is 4.38. The van der Waals surface area contributed by atoms with E-state index >= 15 is 0 Å². The van der Waals surface area contributed by atoms with Crippen LogP contribution in [0, 0.1) is 10.1 Å². The molecule has 0 aliphatic carbocycles. The molecule has 0 unspecified atom stereocenters. The molecule has 144 valence electrons. The van der Waals surface area contributed by atoms with E-state index in [-0.39, 0.29) is 23.6 Å². The van der Waals surface area contributed by atoms with Gasteiger partial charge in [-0.3, -0.25) is 24.5 Å². The molecule has 2 aromatic rings. The number of hydrogen-bond acceptors (Lipinski definition) is 7. The molecule has 0 spiro atoms. The smallest absolute Gasteiger partial charge is 0.271 e. The lowest BCUT2D eigenvalue weighted by Crippen LogP contribution is -2.35. The monoisotopic (exact) mass is 383 g/mol. The van der Waals surface area contributed by atoms with Gasteiger partial charge >= 0.3 is 0 Å².